The number of carbonyl (C=O) groups is 1. The average molecular weight is 366 g/mol. The van der Waals surface area contributed by atoms with Crippen molar-refractivity contribution < 1.29 is 4.79 Å². The summed E-state index contributed by atoms with van der Waals surface area (Å²) in [7, 11) is 5.52. The largest absolute Gasteiger partial charge is 0.356 e. The molecular weight excluding hydrogens is 326 g/mol. The second-order valence-corrected chi connectivity index (χ2v) is 8.27. The van der Waals surface area contributed by atoms with Crippen LogP contribution in [0.5, 0.6) is 0 Å². The zero-order valence-electron chi connectivity index (χ0n) is 17.3. The molecule has 0 radical (unpaired) electrons. The minimum absolute atomic E-state index is 0.247. The van der Waals surface area contributed by atoms with Crippen LogP contribution in [0.1, 0.15) is 58.3 Å². The van der Waals surface area contributed by atoms with E-state index < -0.39 is 0 Å². The molecular formula is C20H39N5O. The van der Waals surface area contributed by atoms with Crippen LogP contribution >= 0.6 is 0 Å². The van der Waals surface area contributed by atoms with Crippen molar-refractivity contribution in [2.24, 2.45) is 10.4 Å². The van der Waals surface area contributed by atoms with Crippen LogP contribution in [0.15, 0.2) is 4.99 Å². The fourth-order valence-electron chi connectivity index (χ4n) is 4.44. The number of nitrogens with zero attached hydrogens (tertiary/aromatic N) is 3. The lowest BCUT2D eigenvalue weighted by Crippen LogP contribution is -2.49. The maximum absolute atomic E-state index is 12.7. The maximum atomic E-state index is 12.7. The van der Waals surface area contributed by atoms with Gasteiger partial charge in [0.1, 0.15) is 0 Å². The number of hydrogen-bond donors (Lipinski definition) is 2. The summed E-state index contributed by atoms with van der Waals surface area (Å²) in [5.74, 6) is 1.06. The number of rotatable bonds is 7. The predicted molar refractivity (Wildman–Crippen MR) is 108 cm³/mol. The van der Waals surface area contributed by atoms with Crippen molar-refractivity contribution in [2.45, 2.75) is 64.3 Å². The zero-order chi connectivity index (χ0) is 19.0. The van der Waals surface area contributed by atoms with Gasteiger partial charge in [-0.1, -0.05) is 19.3 Å². The monoisotopic (exact) mass is 365 g/mol. The van der Waals surface area contributed by atoms with Crippen LogP contribution in [0.2, 0.25) is 0 Å². The van der Waals surface area contributed by atoms with Crippen LogP contribution in [0.25, 0.3) is 0 Å². The fraction of sp³-hybridized carbons (Fsp3) is 0.900. The molecule has 0 aromatic rings. The molecule has 0 aromatic heterocycles. The second kappa shape index (κ2) is 10.1. The number of aliphatic imine (C=N–C) groups is 1. The molecule has 2 N–H and O–H groups in total. The number of likely N-dealkylation sites (tertiary alicyclic amines) is 1. The van der Waals surface area contributed by atoms with E-state index in [0.717, 1.165) is 57.2 Å². The van der Waals surface area contributed by atoms with E-state index in [0.29, 0.717) is 6.54 Å². The van der Waals surface area contributed by atoms with Crippen molar-refractivity contribution in [2.75, 3.05) is 47.3 Å². The Balaban J connectivity index is 1.74. The van der Waals surface area contributed by atoms with Crippen molar-refractivity contribution >= 4 is 11.9 Å². The zero-order valence-corrected chi connectivity index (χ0v) is 17.3. The number of piperidine rings is 1. The van der Waals surface area contributed by atoms with Crippen LogP contribution in [0, 0.1) is 5.41 Å². The summed E-state index contributed by atoms with van der Waals surface area (Å²) < 4.78 is 0. The maximum Gasteiger partial charge on any atom is 0.230 e. The van der Waals surface area contributed by atoms with Crippen LogP contribution in [-0.4, -0.2) is 75.0 Å². The Labute approximate surface area is 159 Å². The van der Waals surface area contributed by atoms with Crippen molar-refractivity contribution in [1.29, 1.82) is 0 Å². The van der Waals surface area contributed by atoms with E-state index in [1.165, 1.54) is 25.8 Å². The number of hydrogen-bond acceptors (Lipinski definition) is 3. The van der Waals surface area contributed by atoms with Gasteiger partial charge in [-0.15, -0.1) is 0 Å². The lowest BCUT2D eigenvalue weighted by molar-refractivity contribution is -0.138. The highest BCUT2D eigenvalue weighted by atomic mass is 16.2. The second-order valence-electron chi connectivity index (χ2n) is 8.27. The summed E-state index contributed by atoms with van der Waals surface area (Å²) in [6.45, 7) is 6.32. The molecule has 1 amide bonds. The van der Waals surface area contributed by atoms with Crippen molar-refractivity contribution in [3.63, 3.8) is 0 Å². The average Bonchev–Trinajstić information content (AvgIpc) is 3.11. The van der Waals surface area contributed by atoms with Crippen molar-refractivity contribution in [1.82, 2.24) is 20.4 Å². The first-order valence-electron chi connectivity index (χ1n) is 10.4. The minimum Gasteiger partial charge on any atom is -0.356 e. The topological polar surface area (TPSA) is 60.0 Å². The molecule has 150 valence electrons. The van der Waals surface area contributed by atoms with Crippen LogP contribution in [0.4, 0.5) is 0 Å². The molecule has 2 aliphatic rings. The third-order valence-corrected chi connectivity index (χ3v) is 6.09. The van der Waals surface area contributed by atoms with E-state index in [2.05, 4.69) is 27.4 Å². The molecule has 1 atom stereocenters. The van der Waals surface area contributed by atoms with E-state index in [1.54, 1.807) is 11.9 Å². The third kappa shape index (κ3) is 5.60. The summed E-state index contributed by atoms with van der Waals surface area (Å²) in [5, 5.41) is 6.83. The Hall–Kier alpha value is -1.30. The smallest absolute Gasteiger partial charge is 0.230 e. The van der Waals surface area contributed by atoms with E-state index in [4.69, 9.17) is 0 Å². The Morgan fingerprint density at radius 3 is 2.54 bits per heavy atom. The summed E-state index contributed by atoms with van der Waals surface area (Å²) >= 11 is 0. The van der Waals surface area contributed by atoms with Gasteiger partial charge in [0.15, 0.2) is 5.96 Å². The molecule has 6 nitrogen and oxygen atoms in total. The van der Waals surface area contributed by atoms with Gasteiger partial charge in [0, 0.05) is 46.8 Å². The molecule has 1 saturated carbocycles. The van der Waals surface area contributed by atoms with Crippen LogP contribution < -0.4 is 10.6 Å². The number of nitrogens with one attached hydrogen (secondary N) is 2. The molecule has 2 rings (SSSR count). The van der Waals surface area contributed by atoms with Gasteiger partial charge in [-0.25, -0.2) is 0 Å². The first kappa shape index (κ1) is 21.0. The van der Waals surface area contributed by atoms with E-state index in [1.807, 2.05) is 14.1 Å². The molecule has 1 heterocycles. The highest BCUT2D eigenvalue weighted by Gasteiger charge is 2.42. The highest BCUT2D eigenvalue weighted by molar-refractivity contribution is 5.85. The summed E-state index contributed by atoms with van der Waals surface area (Å²) in [4.78, 5) is 21.3. The van der Waals surface area contributed by atoms with Gasteiger partial charge in [0.2, 0.25) is 5.91 Å². The van der Waals surface area contributed by atoms with Gasteiger partial charge in [-0.2, -0.15) is 0 Å². The molecule has 1 saturated heterocycles. The van der Waals surface area contributed by atoms with Gasteiger partial charge in [-0.05, 0) is 45.6 Å². The lowest BCUT2D eigenvalue weighted by atomic mass is 9.84. The molecule has 1 aliphatic heterocycles. The first-order valence-corrected chi connectivity index (χ1v) is 10.4. The Morgan fingerprint density at radius 1 is 1.19 bits per heavy atom. The fourth-order valence-corrected chi connectivity index (χ4v) is 4.44. The van der Waals surface area contributed by atoms with E-state index in [9.17, 15) is 4.79 Å². The third-order valence-electron chi connectivity index (χ3n) is 6.09. The lowest BCUT2D eigenvalue weighted by Gasteiger charge is -2.33. The van der Waals surface area contributed by atoms with Gasteiger partial charge in [0.25, 0.3) is 0 Å². The first-order chi connectivity index (χ1) is 12.5. The molecule has 2 fully saturated rings. The Kier molecular flexibility index (Phi) is 8.19. The molecule has 0 spiro atoms. The molecule has 1 unspecified atom stereocenters. The van der Waals surface area contributed by atoms with E-state index in [-0.39, 0.29) is 11.3 Å². The van der Waals surface area contributed by atoms with Crippen molar-refractivity contribution in [3.8, 4) is 0 Å². The van der Waals surface area contributed by atoms with Gasteiger partial charge in [0.05, 0.1) is 5.41 Å². The minimum atomic E-state index is -0.260. The van der Waals surface area contributed by atoms with Crippen molar-refractivity contribution in [3.05, 3.63) is 0 Å². The number of amides is 1. The quantitative estimate of drug-likeness (QED) is 0.412. The SMILES string of the molecule is CN=C(NCCCN1CCCCC1C)NCC1(C(=O)N(C)C)CCCC1. The van der Waals surface area contributed by atoms with Gasteiger partial charge >= 0.3 is 0 Å². The van der Waals surface area contributed by atoms with Gasteiger partial charge < -0.3 is 20.4 Å². The van der Waals surface area contributed by atoms with Gasteiger partial charge in [-0.3, -0.25) is 9.79 Å². The molecule has 0 bridgehead atoms. The van der Waals surface area contributed by atoms with E-state index >= 15 is 0 Å². The highest BCUT2D eigenvalue weighted by Crippen LogP contribution is 2.38. The molecule has 26 heavy (non-hydrogen) atoms. The standard InChI is InChI=1S/C20H39N5O/c1-17-10-5-8-14-25(17)15-9-13-22-19(21-2)23-16-20(11-6-7-12-20)18(26)24(3)4/h17H,5-16H2,1-4H3,(H2,21,22,23). The molecule has 0 aromatic carbocycles. The van der Waals surface area contributed by atoms with Crippen LogP contribution in [0.3, 0.4) is 0 Å². The predicted octanol–water partition coefficient (Wildman–Crippen LogP) is 2.06. The molecule has 6 heteroatoms. The normalized spacial score (nSPS) is 23.7. The summed E-state index contributed by atoms with van der Waals surface area (Å²) in [6.07, 6.45) is 9.39. The summed E-state index contributed by atoms with van der Waals surface area (Å²) in [5.41, 5.74) is -0.260. The summed E-state index contributed by atoms with van der Waals surface area (Å²) in [6, 6.07) is 0.723. The number of guanidine groups is 1. The molecule has 1 aliphatic carbocycles. The van der Waals surface area contributed by atoms with Crippen LogP contribution in [-0.2, 0) is 4.79 Å². The number of carbonyl (C=O) groups excluding carboxylic acids is 1. The Morgan fingerprint density at radius 2 is 1.92 bits per heavy atom. The Bertz CT molecular complexity index is 471.